The van der Waals surface area contributed by atoms with Gasteiger partial charge < -0.3 is 0 Å². The average Bonchev–Trinajstić information content (AvgIpc) is 2.52. The van der Waals surface area contributed by atoms with Gasteiger partial charge >= 0.3 is 0 Å². The van der Waals surface area contributed by atoms with Crippen molar-refractivity contribution in [2.45, 2.75) is 82.4 Å². The fraction of sp³-hybridized carbons (Fsp3) is 0.684. The van der Waals surface area contributed by atoms with Gasteiger partial charge in [0.25, 0.3) is 0 Å². The molecule has 0 N–H and O–H groups in total. The van der Waals surface area contributed by atoms with Crippen LogP contribution in [0.3, 0.4) is 0 Å². The highest BCUT2D eigenvalue weighted by Gasteiger charge is 2.32. The second-order valence-electron chi connectivity index (χ2n) is 6.78. The highest BCUT2D eigenvalue weighted by molar-refractivity contribution is 7.67. The molecule has 2 aliphatic carbocycles. The van der Waals surface area contributed by atoms with Gasteiger partial charge in [-0.2, -0.15) is 0 Å². The molecule has 0 amide bonds. The van der Waals surface area contributed by atoms with Crippen LogP contribution in [0, 0.1) is 6.92 Å². The predicted molar refractivity (Wildman–Crippen MR) is 91.5 cm³/mol. The summed E-state index contributed by atoms with van der Waals surface area (Å²) < 4.78 is 0. The van der Waals surface area contributed by atoms with E-state index in [9.17, 15) is 0 Å². The van der Waals surface area contributed by atoms with Crippen molar-refractivity contribution >= 4 is 13.2 Å². The van der Waals surface area contributed by atoms with Crippen molar-refractivity contribution in [1.29, 1.82) is 0 Å². The third kappa shape index (κ3) is 3.28. The van der Waals surface area contributed by atoms with E-state index in [0.29, 0.717) is 0 Å². The molecule has 2 aliphatic rings. The smallest absolute Gasteiger partial charge is 0.0166 e. The number of hydrogen-bond acceptors (Lipinski definition) is 0. The monoisotopic (exact) mass is 288 g/mol. The first kappa shape index (κ1) is 14.6. The molecule has 0 aliphatic heterocycles. The first-order valence-electron chi connectivity index (χ1n) is 8.70. The lowest BCUT2D eigenvalue weighted by molar-refractivity contribution is 0.487. The fourth-order valence-corrected chi connectivity index (χ4v) is 8.23. The molecule has 0 aromatic heterocycles. The maximum atomic E-state index is 2.46. The average molecular weight is 288 g/mol. The SMILES string of the molecule is Cc1ccccc1P(C1CCCCC1)C1CCCCC1. The number of hydrogen-bond donors (Lipinski definition) is 0. The third-order valence-electron chi connectivity index (χ3n) is 5.33. The van der Waals surface area contributed by atoms with E-state index in [-0.39, 0.29) is 7.92 Å². The van der Waals surface area contributed by atoms with Gasteiger partial charge in [0.05, 0.1) is 0 Å². The van der Waals surface area contributed by atoms with E-state index in [1.165, 1.54) is 64.2 Å². The molecule has 110 valence electrons. The van der Waals surface area contributed by atoms with Crippen LogP contribution in [-0.2, 0) is 0 Å². The van der Waals surface area contributed by atoms with Crippen molar-refractivity contribution < 1.29 is 0 Å². The molecule has 1 aromatic carbocycles. The van der Waals surface area contributed by atoms with E-state index in [0.717, 1.165) is 11.3 Å². The number of benzene rings is 1. The van der Waals surface area contributed by atoms with Crippen LogP contribution in [0.25, 0.3) is 0 Å². The molecule has 2 fully saturated rings. The highest BCUT2D eigenvalue weighted by Crippen LogP contribution is 2.55. The Hall–Kier alpha value is -0.350. The summed E-state index contributed by atoms with van der Waals surface area (Å²) in [5.41, 5.74) is 3.63. The molecule has 1 heteroatoms. The molecule has 0 atom stereocenters. The zero-order valence-electron chi connectivity index (χ0n) is 13.0. The van der Waals surface area contributed by atoms with E-state index in [2.05, 4.69) is 31.2 Å². The van der Waals surface area contributed by atoms with Crippen LogP contribution in [0.5, 0.6) is 0 Å². The van der Waals surface area contributed by atoms with Crippen molar-refractivity contribution in [2.24, 2.45) is 0 Å². The molecule has 3 rings (SSSR count). The van der Waals surface area contributed by atoms with E-state index >= 15 is 0 Å². The second-order valence-corrected chi connectivity index (χ2v) is 9.53. The fourth-order valence-electron chi connectivity index (χ4n) is 4.26. The van der Waals surface area contributed by atoms with Crippen LogP contribution in [0.2, 0.25) is 0 Å². The molecule has 0 radical (unpaired) electrons. The summed E-state index contributed by atoms with van der Waals surface area (Å²) in [6, 6.07) is 9.30. The molecule has 1 aromatic rings. The van der Waals surface area contributed by atoms with Crippen LogP contribution in [0.1, 0.15) is 69.8 Å². The maximum Gasteiger partial charge on any atom is -0.0166 e. The molecule has 0 bridgehead atoms. The minimum atomic E-state index is 0.0871. The van der Waals surface area contributed by atoms with Crippen LogP contribution >= 0.6 is 7.92 Å². The summed E-state index contributed by atoms with van der Waals surface area (Å²) in [5, 5.41) is 1.75. The second kappa shape index (κ2) is 7.08. The molecule has 0 nitrogen and oxygen atoms in total. The third-order valence-corrected chi connectivity index (χ3v) is 8.99. The molecule has 0 saturated heterocycles. The number of rotatable bonds is 3. The lowest BCUT2D eigenvalue weighted by atomic mass is 9.99. The normalized spacial score (nSPS) is 22.3. The van der Waals surface area contributed by atoms with Gasteiger partial charge in [0.2, 0.25) is 0 Å². The topological polar surface area (TPSA) is 0 Å². The van der Waals surface area contributed by atoms with E-state index in [4.69, 9.17) is 0 Å². The number of aryl methyl sites for hydroxylation is 1. The summed E-state index contributed by atoms with van der Waals surface area (Å²) in [5.74, 6) is 0. The van der Waals surface area contributed by atoms with Gasteiger partial charge in [-0.15, -0.1) is 0 Å². The van der Waals surface area contributed by atoms with E-state index < -0.39 is 0 Å². The van der Waals surface area contributed by atoms with Gasteiger partial charge in [0.15, 0.2) is 0 Å². The Morgan fingerprint density at radius 1 is 0.750 bits per heavy atom. The van der Waals surface area contributed by atoms with Crippen molar-refractivity contribution in [2.75, 3.05) is 0 Å². The lowest BCUT2D eigenvalue weighted by Gasteiger charge is -2.39. The van der Waals surface area contributed by atoms with Crippen LogP contribution < -0.4 is 5.30 Å². The van der Waals surface area contributed by atoms with Crippen LogP contribution in [0.15, 0.2) is 24.3 Å². The molecule has 0 unspecified atom stereocenters. The van der Waals surface area contributed by atoms with E-state index in [1.807, 2.05) is 0 Å². The zero-order valence-corrected chi connectivity index (χ0v) is 13.9. The molecule has 0 spiro atoms. The Balaban J connectivity index is 1.87. The maximum absolute atomic E-state index is 2.46. The van der Waals surface area contributed by atoms with Crippen molar-refractivity contribution in [1.82, 2.24) is 0 Å². The molecule has 20 heavy (non-hydrogen) atoms. The van der Waals surface area contributed by atoms with Gasteiger partial charge in [-0.05, 0) is 54.8 Å². The minimum Gasteiger partial charge on any atom is -0.0687 e. The summed E-state index contributed by atoms with van der Waals surface area (Å²) >= 11 is 0. The Kier molecular flexibility index (Phi) is 5.16. The Morgan fingerprint density at radius 2 is 1.25 bits per heavy atom. The lowest BCUT2D eigenvalue weighted by Crippen LogP contribution is -2.27. The largest absolute Gasteiger partial charge is 0.0687 e. The summed E-state index contributed by atoms with van der Waals surface area (Å²) in [4.78, 5) is 0. The van der Waals surface area contributed by atoms with Crippen LogP contribution in [0.4, 0.5) is 0 Å². The van der Waals surface area contributed by atoms with Crippen LogP contribution in [-0.4, -0.2) is 11.3 Å². The minimum absolute atomic E-state index is 0.0871. The zero-order chi connectivity index (χ0) is 13.8. The summed E-state index contributed by atoms with van der Waals surface area (Å²) in [6.45, 7) is 2.34. The Morgan fingerprint density at radius 3 is 1.75 bits per heavy atom. The van der Waals surface area contributed by atoms with Crippen molar-refractivity contribution in [3.05, 3.63) is 29.8 Å². The van der Waals surface area contributed by atoms with Gasteiger partial charge in [0, 0.05) is 0 Å². The summed E-state index contributed by atoms with van der Waals surface area (Å²) in [7, 11) is 0.0871. The quantitative estimate of drug-likeness (QED) is 0.620. The first-order valence-corrected chi connectivity index (χ1v) is 10.2. The van der Waals surface area contributed by atoms with Gasteiger partial charge in [0.1, 0.15) is 0 Å². The predicted octanol–water partition coefficient (Wildman–Crippen LogP) is 5.77. The molecular weight excluding hydrogens is 259 g/mol. The van der Waals surface area contributed by atoms with E-state index in [1.54, 1.807) is 10.9 Å². The molecular formula is C19H29P. The molecule has 0 heterocycles. The van der Waals surface area contributed by atoms with Gasteiger partial charge in [-0.25, -0.2) is 0 Å². The van der Waals surface area contributed by atoms with Crippen molar-refractivity contribution in [3.63, 3.8) is 0 Å². The molecule has 2 saturated carbocycles. The van der Waals surface area contributed by atoms with Gasteiger partial charge in [-0.1, -0.05) is 70.7 Å². The first-order chi connectivity index (χ1) is 9.86. The Bertz CT molecular complexity index is 396. The Labute approximate surface area is 126 Å². The van der Waals surface area contributed by atoms with Crippen molar-refractivity contribution in [3.8, 4) is 0 Å². The van der Waals surface area contributed by atoms with Gasteiger partial charge in [-0.3, -0.25) is 0 Å². The standard InChI is InChI=1S/C19H29P/c1-16-10-8-9-15-19(16)20(17-11-4-2-5-12-17)18-13-6-3-7-14-18/h8-10,15,17-18H,2-7,11-14H2,1H3. The summed E-state index contributed by atoms with van der Waals surface area (Å²) in [6.07, 6.45) is 15.0. The highest BCUT2D eigenvalue weighted by atomic mass is 31.1.